The van der Waals surface area contributed by atoms with Crippen molar-refractivity contribution in [3.63, 3.8) is 0 Å². The Morgan fingerprint density at radius 3 is 2.67 bits per heavy atom. The number of carbonyl (C=O) groups is 2. The number of fused-ring (bicyclic) bond motifs is 1. The number of carbonyl (C=O) groups excluding carboxylic acids is 2. The van der Waals surface area contributed by atoms with Gasteiger partial charge in [-0.25, -0.2) is 0 Å². The minimum absolute atomic E-state index is 0.0911. The van der Waals surface area contributed by atoms with Gasteiger partial charge in [0.25, 0.3) is 0 Å². The van der Waals surface area contributed by atoms with Crippen LogP contribution in [-0.4, -0.2) is 42.7 Å². The summed E-state index contributed by atoms with van der Waals surface area (Å²) < 4.78 is 1.69. The highest BCUT2D eigenvalue weighted by molar-refractivity contribution is 5.99. The van der Waals surface area contributed by atoms with E-state index in [1.165, 1.54) is 0 Å². The monoisotopic (exact) mass is 399 g/mol. The number of anilines is 1. The highest BCUT2D eigenvalue weighted by atomic mass is 16.2. The van der Waals surface area contributed by atoms with Gasteiger partial charge in [-0.2, -0.15) is 9.61 Å². The molecule has 1 aliphatic rings. The standard InChI is InChI=1S/C21H17N7O2/c29-19-10-8-17(24-19)21(30)23-15-5-3-13(4-6-15)16-7-9-18-25-26-20(28(18)27-16)14-2-1-11-22-12-14/h1-7,9,11-12,17H,8,10H2,(H,23,30)(H,24,29). The fourth-order valence-corrected chi connectivity index (χ4v) is 3.38. The van der Waals surface area contributed by atoms with E-state index in [9.17, 15) is 9.59 Å². The Kier molecular flexibility index (Phi) is 4.40. The summed E-state index contributed by atoms with van der Waals surface area (Å²) in [4.78, 5) is 27.7. The normalized spacial score (nSPS) is 15.9. The summed E-state index contributed by atoms with van der Waals surface area (Å²) in [5.74, 6) is 0.313. The van der Waals surface area contributed by atoms with Crippen LogP contribution in [-0.2, 0) is 9.59 Å². The number of aromatic nitrogens is 5. The summed E-state index contributed by atoms with van der Waals surface area (Å²) in [7, 11) is 0. The molecule has 4 heterocycles. The predicted octanol–water partition coefficient (Wildman–Crippen LogP) is 2.07. The molecule has 0 spiro atoms. The molecule has 1 saturated heterocycles. The molecule has 3 aromatic heterocycles. The van der Waals surface area contributed by atoms with Gasteiger partial charge in [-0.05, 0) is 42.8 Å². The first-order valence-electron chi connectivity index (χ1n) is 9.51. The number of hydrogen-bond donors (Lipinski definition) is 2. The Morgan fingerprint density at radius 1 is 1.07 bits per heavy atom. The van der Waals surface area contributed by atoms with Crippen molar-refractivity contribution < 1.29 is 9.59 Å². The van der Waals surface area contributed by atoms with Crippen molar-refractivity contribution in [2.45, 2.75) is 18.9 Å². The molecule has 148 valence electrons. The highest BCUT2D eigenvalue weighted by Gasteiger charge is 2.27. The van der Waals surface area contributed by atoms with Crippen LogP contribution in [0.2, 0.25) is 0 Å². The molecule has 0 aliphatic carbocycles. The van der Waals surface area contributed by atoms with Gasteiger partial charge in [-0.15, -0.1) is 10.2 Å². The predicted molar refractivity (Wildman–Crippen MR) is 109 cm³/mol. The van der Waals surface area contributed by atoms with E-state index < -0.39 is 6.04 Å². The zero-order valence-electron chi connectivity index (χ0n) is 15.8. The quantitative estimate of drug-likeness (QED) is 0.543. The number of nitrogens with one attached hydrogen (secondary N) is 2. The van der Waals surface area contributed by atoms with Crippen molar-refractivity contribution in [1.82, 2.24) is 30.1 Å². The lowest BCUT2D eigenvalue weighted by molar-refractivity contribution is -0.122. The molecule has 9 heteroatoms. The topological polar surface area (TPSA) is 114 Å². The number of benzene rings is 1. The number of amides is 2. The summed E-state index contributed by atoms with van der Waals surface area (Å²) in [5.41, 5.74) is 3.75. The van der Waals surface area contributed by atoms with Crippen molar-refractivity contribution in [3.8, 4) is 22.6 Å². The average Bonchev–Trinajstić information content (AvgIpc) is 3.41. The van der Waals surface area contributed by atoms with Gasteiger partial charge in [0, 0.05) is 35.6 Å². The Labute approximate surface area is 171 Å². The zero-order valence-corrected chi connectivity index (χ0v) is 15.8. The van der Waals surface area contributed by atoms with Crippen LogP contribution in [0.5, 0.6) is 0 Å². The number of nitrogens with zero attached hydrogens (tertiary/aromatic N) is 5. The Hall–Kier alpha value is -4.14. The van der Waals surface area contributed by atoms with Crippen LogP contribution in [0.1, 0.15) is 12.8 Å². The second-order valence-electron chi connectivity index (χ2n) is 6.98. The van der Waals surface area contributed by atoms with Crippen LogP contribution >= 0.6 is 0 Å². The number of pyridine rings is 1. The average molecular weight is 399 g/mol. The highest BCUT2D eigenvalue weighted by Crippen LogP contribution is 2.22. The van der Waals surface area contributed by atoms with E-state index in [4.69, 9.17) is 0 Å². The van der Waals surface area contributed by atoms with Gasteiger partial charge in [0.2, 0.25) is 11.8 Å². The molecule has 2 amide bonds. The minimum atomic E-state index is -0.471. The van der Waals surface area contributed by atoms with Gasteiger partial charge < -0.3 is 10.6 Å². The van der Waals surface area contributed by atoms with Crippen molar-refractivity contribution in [3.05, 3.63) is 60.9 Å². The summed E-state index contributed by atoms with van der Waals surface area (Å²) in [6, 6.07) is 14.4. The number of hydrogen-bond acceptors (Lipinski definition) is 6. The van der Waals surface area contributed by atoms with E-state index in [1.807, 2.05) is 48.5 Å². The maximum atomic E-state index is 12.2. The number of rotatable bonds is 4. The molecule has 0 bridgehead atoms. The summed E-state index contributed by atoms with van der Waals surface area (Å²) >= 11 is 0. The van der Waals surface area contributed by atoms with Crippen LogP contribution in [0, 0.1) is 0 Å². The molecule has 9 nitrogen and oxygen atoms in total. The summed E-state index contributed by atoms with van der Waals surface area (Å²) in [5, 5.41) is 18.6. The zero-order chi connectivity index (χ0) is 20.5. The van der Waals surface area contributed by atoms with Crippen LogP contribution in [0.3, 0.4) is 0 Å². The van der Waals surface area contributed by atoms with E-state index in [0.29, 0.717) is 30.0 Å². The lowest BCUT2D eigenvalue weighted by Gasteiger charge is -2.11. The molecule has 30 heavy (non-hydrogen) atoms. The third kappa shape index (κ3) is 3.37. The van der Waals surface area contributed by atoms with Crippen LogP contribution in [0.4, 0.5) is 5.69 Å². The molecule has 1 aliphatic heterocycles. The molecule has 0 radical (unpaired) electrons. The van der Waals surface area contributed by atoms with Gasteiger partial charge in [0.1, 0.15) is 6.04 Å². The van der Waals surface area contributed by atoms with Crippen LogP contribution in [0.25, 0.3) is 28.3 Å². The molecule has 1 unspecified atom stereocenters. The molecule has 0 saturated carbocycles. The molecule has 4 aromatic rings. The lowest BCUT2D eigenvalue weighted by Crippen LogP contribution is -2.37. The van der Waals surface area contributed by atoms with Crippen molar-refractivity contribution in [2.75, 3.05) is 5.32 Å². The first-order valence-corrected chi connectivity index (χ1v) is 9.51. The first-order chi connectivity index (χ1) is 14.7. The van der Waals surface area contributed by atoms with Gasteiger partial charge >= 0.3 is 0 Å². The van der Waals surface area contributed by atoms with Crippen molar-refractivity contribution in [2.24, 2.45) is 0 Å². The van der Waals surface area contributed by atoms with Gasteiger partial charge in [-0.1, -0.05) is 12.1 Å². The van der Waals surface area contributed by atoms with E-state index in [1.54, 1.807) is 16.9 Å². The van der Waals surface area contributed by atoms with Gasteiger partial charge in [0.05, 0.1) is 5.69 Å². The molecular formula is C21H17N7O2. The fourth-order valence-electron chi connectivity index (χ4n) is 3.38. The maximum absolute atomic E-state index is 12.2. The molecule has 1 aromatic carbocycles. The van der Waals surface area contributed by atoms with Crippen LogP contribution in [0.15, 0.2) is 60.9 Å². The second kappa shape index (κ2) is 7.36. The van der Waals surface area contributed by atoms with E-state index >= 15 is 0 Å². The molecule has 5 rings (SSSR count). The largest absolute Gasteiger partial charge is 0.344 e. The fraction of sp³-hybridized carbons (Fsp3) is 0.143. The smallest absolute Gasteiger partial charge is 0.246 e. The van der Waals surface area contributed by atoms with E-state index in [2.05, 4.69) is 30.9 Å². The molecule has 1 atom stereocenters. The van der Waals surface area contributed by atoms with E-state index in [0.717, 1.165) is 16.8 Å². The Morgan fingerprint density at radius 2 is 1.93 bits per heavy atom. The van der Waals surface area contributed by atoms with Crippen LogP contribution < -0.4 is 10.6 Å². The summed E-state index contributed by atoms with van der Waals surface area (Å²) in [6.07, 6.45) is 4.32. The first kappa shape index (κ1) is 17.9. The SMILES string of the molecule is O=C1CCC(C(=O)Nc2ccc(-c3ccc4nnc(-c5cccnc5)n4n3)cc2)N1. The third-order valence-electron chi connectivity index (χ3n) is 4.94. The summed E-state index contributed by atoms with van der Waals surface area (Å²) in [6.45, 7) is 0. The second-order valence-corrected chi connectivity index (χ2v) is 6.98. The van der Waals surface area contributed by atoms with E-state index in [-0.39, 0.29) is 11.8 Å². The lowest BCUT2D eigenvalue weighted by atomic mass is 10.1. The molecule has 1 fully saturated rings. The maximum Gasteiger partial charge on any atom is 0.246 e. The minimum Gasteiger partial charge on any atom is -0.344 e. The molecular weight excluding hydrogens is 382 g/mol. The molecule has 2 N–H and O–H groups in total. The Balaban J connectivity index is 1.39. The van der Waals surface area contributed by atoms with Crippen molar-refractivity contribution in [1.29, 1.82) is 0 Å². The van der Waals surface area contributed by atoms with Crippen molar-refractivity contribution >= 4 is 23.1 Å². The van der Waals surface area contributed by atoms with Gasteiger partial charge in [0.15, 0.2) is 11.5 Å². The third-order valence-corrected chi connectivity index (χ3v) is 4.94. The van der Waals surface area contributed by atoms with Gasteiger partial charge in [-0.3, -0.25) is 14.6 Å². The Bertz CT molecular complexity index is 1240.